The minimum atomic E-state index is -0.750. The van der Waals surface area contributed by atoms with E-state index in [1.54, 1.807) is 32.4 Å². The highest BCUT2D eigenvalue weighted by molar-refractivity contribution is 7.09. The summed E-state index contributed by atoms with van der Waals surface area (Å²) < 4.78 is 12.1. The van der Waals surface area contributed by atoms with Crippen LogP contribution >= 0.6 is 11.3 Å². The number of likely N-dealkylation sites (tertiary alicyclic amines) is 1. The maximum absolute atomic E-state index is 14.4. The van der Waals surface area contributed by atoms with Gasteiger partial charge in [0, 0.05) is 39.4 Å². The number of hydrogen-bond acceptors (Lipinski definition) is 9. The van der Waals surface area contributed by atoms with E-state index in [0.717, 1.165) is 36.4 Å². The molecule has 0 unspecified atom stereocenters. The van der Waals surface area contributed by atoms with Gasteiger partial charge < -0.3 is 29.9 Å². The van der Waals surface area contributed by atoms with Gasteiger partial charge >= 0.3 is 0 Å². The van der Waals surface area contributed by atoms with E-state index in [9.17, 15) is 19.2 Å². The fraction of sp³-hybridized carbons (Fsp3) is 0.705. The van der Waals surface area contributed by atoms with Gasteiger partial charge in [-0.3, -0.25) is 24.1 Å². The normalized spacial score (nSPS) is 18.8. The average Bonchev–Trinajstić information content (AvgIpc) is 3.90. The van der Waals surface area contributed by atoms with E-state index < -0.39 is 30.2 Å². The maximum Gasteiger partial charge on any atom is 0.245 e. The molecule has 320 valence electrons. The van der Waals surface area contributed by atoms with Gasteiger partial charge in [-0.25, -0.2) is 4.98 Å². The van der Waals surface area contributed by atoms with E-state index in [4.69, 9.17) is 9.47 Å². The summed E-state index contributed by atoms with van der Waals surface area (Å²) in [6, 6.07) is 7.86. The molecule has 9 atom stereocenters. The standard InChI is InChI=1S/C44H72N6O6S/c1-13-23-48(9)38(29(5)6)42(53)47-37(28(3)4)44(54)49(10)39(30(7)14-2)35(55-11)27-36(51)50-24-18-21-34(50)40(56-12)31(8)41(52)46-33(43-45-22-25-57-43)26-32-19-16-15-17-20-32/h15-17,19-20,22,25,28-31,33-35,37-40H,13-14,18,21,23-24,26-27H2,1-12H3,(H,46,52)(H,47,53)/t30-,31+,33-,34-,35+,37-,38-,39-,40+/m0/s1. The summed E-state index contributed by atoms with van der Waals surface area (Å²) in [4.78, 5) is 66.5. The van der Waals surface area contributed by atoms with Gasteiger partial charge in [0.05, 0.1) is 48.7 Å². The Hall–Kier alpha value is -3.39. The van der Waals surface area contributed by atoms with Gasteiger partial charge in [-0.05, 0) is 62.6 Å². The number of methoxy groups -OCH3 is 2. The van der Waals surface area contributed by atoms with Crippen molar-refractivity contribution in [3.8, 4) is 0 Å². The summed E-state index contributed by atoms with van der Waals surface area (Å²) in [6.07, 6.45) is 4.41. The van der Waals surface area contributed by atoms with Gasteiger partial charge in [0.25, 0.3) is 0 Å². The van der Waals surface area contributed by atoms with Crippen LogP contribution in [0.3, 0.4) is 0 Å². The van der Waals surface area contributed by atoms with Crippen molar-refractivity contribution in [1.82, 2.24) is 30.3 Å². The molecule has 1 aliphatic rings. The molecule has 13 heteroatoms. The second-order valence-electron chi connectivity index (χ2n) is 16.6. The Kier molecular flexibility index (Phi) is 19.6. The lowest BCUT2D eigenvalue weighted by molar-refractivity contribution is -0.148. The van der Waals surface area contributed by atoms with Crippen LogP contribution in [0.5, 0.6) is 0 Å². The number of aromatic nitrogens is 1. The quantitative estimate of drug-likeness (QED) is 0.140. The highest BCUT2D eigenvalue weighted by Gasteiger charge is 2.43. The predicted octanol–water partition coefficient (Wildman–Crippen LogP) is 5.97. The first-order valence-electron chi connectivity index (χ1n) is 21.0. The molecule has 0 saturated carbocycles. The number of nitrogens with one attached hydrogen (secondary N) is 2. The van der Waals surface area contributed by atoms with Gasteiger partial charge in [-0.1, -0.05) is 92.1 Å². The molecule has 2 N–H and O–H groups in total. The van der Waals surface area contributed by atoms with Crippen LogP contribution in [0.25, 0.3) is 0 Å². The number of rotatable bonds is 23. The molecular formula is C44H72N6O6S. The summed E-state index contributed by atoms with van der Waals surface area (Å²) in [6.45, 7) is 17.3. The van der Waals surface area contributed by atoms with E-state index in [1.165, 1.54) is 11.3 Å². The first-order valence-corrected chi connectivity index (χ1v) is 21.8. The van der Waals surface area contributed by atoms with Gasteiger partial charge in [-0.2, -0.15) is 0 Å². The topological polar surface area (TPSA) is 133 Å². The SMILES string of the molecule is CCCN(C)[C@H](C(=O)N[C@H](C(=O)N(C)[C@@H]([C@@H](C)CC)[C@@H](CC(=O)N1CCC[C@H]1[C@H](OC)[C@@H](C)C(=O)N[C@@H](Cc1ccccc1)c1nccs1)OC)C(C)C)C(C)C. The molecule has 1 aromatic heterocycles. The van der Waals surface area contributed by atoms with Crippen LogP contribution in [-0.4, -0.2) is 121 Å². The molecule has 1 aliphatic heterocycles. The van der Waals surface area contributed by atoms with Gasteiger partial charge in [0.1, 0.15) is 11.0 Å². The maximum atomic E-state index is 14.4. The molecular weight excluding hydrogens is 741 g/mol. The number of carbonyl (C=O) groups excluding carboxylic acids is 4. The Morgan fingerprint density at radius 3 is 2.18 bits per heavy atom. The van der Waals surface area contributed by atoms with Gasteiger partial charge in [-0.15, -0.1) is 11.3 Å². The van der Waals surface area contributed by atoms with Crippen molar-refractivity contribution in [2.45, 2.75) is 136 Å². The summed E-state index contributed by atoms with van der Waals surface area (Å²) in [5.41, 5.74) is 1.09. The Morgan fingerprint density at radius 1 is 0.947 bits per heavy atom. The summed E-state index contributed by atoms with van der Waals surface area (Å²) in [5, 5.41) is 9.09. The molecule has 1 aromatic carbocycles. The second kappa shape index (κ2) is 23.3. The minimum absolute atomic E-state index is 0.00852. The number of thiazole rings is 1. The molecule has 0 bridgehead atoms. The van der Waals surface area contributed by atoms with Crippen molar-refractivity contribution in [2.75, 3.05) is 41.4 Å². The van der Waals surface area contributed by atoms with Crippen molar-refractivity contribution in [2.24, 2.45) is 23.7 Å². The molecule has 2 aromatic rings. The number of nitrogens with zero attached hydrogens (tertiary/aromatic N) is 4. The molecule has 4 amide bonds. The monoisotopic (exact) mass is 813 g/mol. The molecule has 0 radical (unpaired) electrons. The molecule has 12 nitrogen and oxygen atoms in total. The first-order chi connectivity index (χ1) is 27.1. The summed E-state index contributed by atoms with van der Waals surface area (Å²) >= 11 is 1.51. The van der Waals surface area contributed by atoms with Crippen LogP contribution in [0, 0.1) is 23.7 Å². The Bertz CT molecular complexity index is 1530. The fourth-order valence-corrected chi connectivity index (χ4v) is 9.23. The van der Waals surface area contributed by atoms with Crippen LogP contribution in [0.15, 0.2) is 41.9 Å². The number of carbonyl (C=O) groups is 4. The number of likely N-dealkylation sites (N-methyl/N-ethyl adjacent to an activating group) is 2. The average molecular weight is 813 g/mol. The molecule has 57 heavy (non-hydrogen) atoms. The van der Waals surface area contributed by atoms with Crippen LogP contribution < -0.4 is 10.6 Å². The van der Waals surface area contributed by atoms with Crippen molar-refractivity contribution in [3.63, 3.8) is 0 Å². The Balaban J connectivity index is 1.79. The van der Waals surface area contributed by atoms with Crippen LogP contribution in [-0.2, 0) is 35.1 Å². The Labute approximate surface area is 346 Å². The molecule has 2 heterocycles. The van der Waals surface area contributed by atoms with E-state index >= 15 is 0 Å². The lowest BCUT2D eigenvalue weighted by Gasteiger charge is -2.41. The fourth-order valence-electron chi connectivity index (χ4n) is 8.54. The van der Waals surface area contributed by atoms with Crippen LogP contribution in [0.4, 0.5) is 0 Å². The van der Waals surface area contributed by atoms with Crippen LogP contribution in [0.1, 0.15) is 104 Å². The number of amides is 4. The zero-order chi connectivity index (χ0) is 42.4. The van der Waals surface area contributed by atoms with Crippen LogP contribution in [0.2, 0.25) is 0 Å². The summed E-state index contributed by atoms with van der Waals surface area (Å²) in [5.74, 6) is -1.31. The third-order valence-corrected chi connectivity index (χ3v) is 12.7. The summed E-state index contributed by atoms with van der Waals surface area (Å²) in [7, 11) is 6.90. The third-order valence-electron chi connectivity index (χ3n) is 11.8. The molecule has 3 rings (SSSR count). The highest BCUT2D eigenvalue weighted by atomic mass is 32.1. The van der Waals surface area contributed by atoms with E-state index in [1.807, 2.05) is 82.3 Å². The molecule has 1 fully saturated rings. The Morgan fingerprint density at radius 2 is 1.63 bits per heavy atom. The zero-order valence-electron chi connectivity index (χ0n) is 36.7. The molecule has 1 saturated heterocycles. The van der Waals surface area contributed by atoms with Crippen molar-refractivity contribution in [3.05, 3.63) is 52.5 Å². The molecule has 0 aliphatic carbocycles. The van der Waals surface area contributed by atoms with E-state index in [0.29, 0.717) is 19.4 Å². The highest BCUT2D eigenvalue weighted by Crippen LogP contribution is 2.30. The van der Waals surface area contributed by atoms with Crippen molar-refractivity contribution in [1.29, 1.82) is 0 Å². The number of ether oxygens (including phenoxy) is 2. The first kappa shape index (κ1) is 48.0. The lowest BCUT2D eigenvalue weighted by Crippen LogP contribution is -2.60. The van der Waals surface area contributed by atoms with Gasteiger partial charge in [0.2, 0.25) is 23.6 Å². The zero-order valence-corrected chi connectivity index (χ0v) is 37.5. The second-order valence-corrected chi connectivity index (χ2v) is 17.5. The van der Waals surface area contributed by atoms with Gasteiger partial charge in [0.15, 0.2) is 0 Å². The number of benzene rings is 1. The molecule has 0 spiro atoms. The largest absolute Gasteiger partial charge is 0.379 e. The predicted molar refractivity (Wildman–Crippen MR) is 228 cm³/mol. The number of hydrogen-bond donors (Lipinski definition) is 2. The van der Waals surface area contributed by atoms with Crippen molar-refractivity contribution >= 4 is 35.0 Å². The van der Waals surface area contributed by atoms with Crippen molar-refractivity contribution < 1.29 is 28.7 Å². The van der Waals surface area contributed by atoms with E-state index in [-0.39, 0.29) is 65.9 Å². The smallest absolute Gasteiger partial charge is 0.245 e. The van der Waals surface area contributed by atoms with E-state index in [2.05, 4.69) is 41.3 Å². The lowest BCUT2D eigenvalue weighted by atomic mass is 9.89. The third kappa shape index (κ3) is 12.8. The minimum Gasteiger partial charge on any atom is -0.379 e.